The van der Waals surface area contributed by atoms with E-state index in [0.29, 0.717) is 13.0 Å². The van der Waals surface area contributed by atoms with Gasteiger partial charge in [-0.05, 0) is 18.4 Å². The number of unbranched alkanes of at least 4 members (excludes halogenated alkanes) is 8. The van der Waals surface area contributed by atoms with Crippen molar-refractivity contribution >= 4 is 5.97 Å². The number of hydrogen-bond donors (Lipinski definition) is 0. The van der Waals surface area contributed by atoms with Gasteiger partial charge in [-0.15, -0.1) is 0 Å². The van der Waals surface area contributed by atoms with Crippen molar-refractivity contribution < 1.29 is 9.53 Å². The summed E-state index contributed by atoms with van der Waals surface area (Å²) < 4.78 is 5.28. The first-order chi connectivity index (χ1) is 10.8. The zero-order valence-corrected chi connectivity index (χ0v) is 14.2. The third-order valence-electron chi connectivity index (χ3n) is 3.97. The van der Waals surface area contributed by atoms with E-state index in [0.717, 1.165) is 12.8 Å². The van der Waals surface area contributed by atoms with Crippen LogP contribution in [0, 0.1) is 0 Å². The van der Waals surface area contributed by atoms with Crippen molar-refractivity contribution in [3.63, 3.8) is 0 Å². The van der Waals surface area contributed by atoms with E-state index < -0.39 is 0 Å². The number of carbonyl (C=O) groups excluding carboxylic acids is 1. The molecule has 1 rings (SSSR count). The first-order valence-corrected chi connectivity index (χ1v) is 9.02. The van der Waals surface area contributed by atoms with Crippen LogP contribution in [0.4, 0.5) is 0 Å². The number of aryl methyl sites for hydroxylation is 1. The van der Waals surface area contributed by atoms with E-state index in [-0.39, 0.29) is 5.97 Å². The summed E-state index contributed by atoms with van der Waals surface area (Å²) in [5, 5.41) is 0. The summed E-state index contributed by atoms with van der Waals surface area (Å²) >= 11 is 0. The highest BCUT2D eigenvalue weighted by Crippen LogP contribution is 2.10. The van der Waals surface area contributed by atoms with E-state index in [2.05, 4.69) is 6.92 Å². The highest BCUT2D eigenvalue weighted by atomic mass is 16.5. The van der Waals surface area contributed by atoms with Crippen molar-refractivity contribution in [1.29, 1.82) is 0 Å². The number of ether oxygens (including phenoxy) is 1. The van der Waals surface area contributed by atoms with E-state index >= 15 is 0 Å². The van der Waals surface area contributed by atoms with Gasteiger partial charge in [0.25, 0.3) is 0 Å². The molecule has 0 aliphatic rings. The van der Waals surface area contributed by atoms with Crippen LogP contribution >= 0.6 is 0 Å². The summed E-state index contributed by atoms with van der Waals surface area (Å²) in [4.78, 5) is 11.6. The number of benzene rings is 1. The predicted molar refractivity (Wildman–Crippen MR) is 92.9 cm³/mol. The molecule has 22 heavy (non-hydrogen) atoms. The molecule has 0 fully saturated rings. The third kappa shape index (κ3) is 10.4. The lowest BCUT2D eigenvalue weighted by atomic mass is 10.1. The molecule has 0 spiro atoms. The number of carbonyl (C=O) groups is 1. The van der Waals surface area contributed by atoms with E-state index in [1.807, 2.05) is 30.3 Å². The lowest BCUT2D eigenvalue weighted by Crippen LogP contribution is -2.07. The van der Waals surface area contributed by atoms with Gasteiger partial charge in [0.1, 0.15) is 0 Å². The molecular weight excluding hydrogens is 272 g/mol. The van der Waals surface area contributed by atoms with Crippen molar-refractivity contribution in [2.75, 3.05) is 6.61 Å². The molecule has 0 radical (unpaired) electrons. The molecule has 2 heteroatoms. The van der Waals surface area contributed by atoms with Crippen molar-refractivity contribution in [2.45, 2.75) is 77.6 Å². The monoisotopic (exact) mass is 304 g/mol. The van der Waals surface area contributed by atoms with Crippen LogP contribution in [-0.4, -0.2) is 12.6 Å². The van der Waals surface area contributed by atoms with Crippen molar-refractivity contribution in [3.05, 3.63) is 35.9 Å². The van der Waals surface area contributed by atoms with Gasteiger partial charge in [-0.1, -0.05) is 88.6 Å². The zero-order chi connectivity index (χ0) is 15.9. The Morgan fingerprint density at radius 2 is 1.45 bits per heavy atom. The van der Waals surface area contributed by atoms with Gasteiger partial charge in [0.15, 0.2) is 0 Å². The second-order valence-electron chi connectivity index (χ2n) is 6.03. The Bertz CT molecular complexity index is 373. The molecule has 2 nitrogen and oxygen atoms in total. The summed E-state index contributed by atoms with van der Waals surface area (Å²) in [6, 6.07) is 10.1. The van der Waals surface area contributed by atoms with Crippen molar-refractivity contribution in [2.24, 2.45) is 0 Å². The van der Waals surface area contributed by atoms with Crippen molar-refractivity contribution in [3.8, 4) is 0 Å². The minimum Gasteiger partial charge on any atom is -0.466 e. The Morgan fingerprint density at radius 3 is 2.09 bits per heavy atom. The first kappa shape index (κ1) is 18.7. The Balaban J connectivity index is 1.87. The Kier molecular flexibility index (Phi) is 11.4. The maximum Gasteiger partial charge on any atom is 0.306 e. The van der Waals surface area contributed by atoms with Gasteiger partial charge in [0.05, 0.1) is 6.61 Å². The van der Waals surface area contributed by atoms with Gasteiger partial charge in [0, 0.05) is 6.42 Å². The normalized spacial score (nSPS) is 10.6. The zero-order valence-electron chi connectivity index (χ0n) is 14.2. The van der Waals surface area contributed by atoms with Crippen LogP contribution in [0.3, 0.4) is 0 Å². The molecule has 0 heterocycles. The SMILES string of the molecule is CCCCCCCCCCCOC(=O)CCc1ccccc1. The highest BCUT2D eigenvalue weighted by Gasteiger charge is 2.03. The van der Waals surface area contributed by atoms with Gasteiger partial charge in [0.2, 0.25) is 0 Å². The van der Waals surface area contributed by atoms with Crippen molar-refractivity contribution in [1.82, 2.24) is 0 Å². The predicted octanol–water partition coefficient (Wildman–Crippen LogP) is 5.69. The molecule has 1 aromatic carbocycles. The van der Waals surface area contributed by atoms with Crippen LogP contribution in [0.15, 0.2) is 30.3 Å². The Labute approximate surface area is 136 Å². The molecule has 0 N–H and O–H groups in total. The fourth-order valence-corrected chi connectivity index (χ4v) is 2.56. The lowest BCUT2D eigenvalue weighted by Gasteiger charge is -2.05. The van der Waals surface area contributed by atoms with Crippen LogP contribution in [0.25, 0.3) is 0 Å². The Morgan fingerprint density at radius 1 is 0.864 bits per heavy atom. The number of rotatable bonds is 13. The van der Waals surface area contributed by atoms with E-state index in [9.17, 15) is 4.79 Å². The molecule has 0 unspecified atom stereocenters. The maximum absolute atomic E-state index is 11.6. The first-order valence-electron chi connectivity index (χ1n) is 9.02. The van der Waals surface area contributed by atoms with Crippen LogP contribution in [0.1, 0.15) is 76.7 Å². The second kappa shape index (κ2) is 13.4. The molecule has 0 aliphatic heterocycles. The van der Waals surface area contributed by atoms with Crippen LogP contribution < -0.4 is 0 Å². The van der Waals surface area contributed by atoms with Gasteiger partial charge < -0.3 is 4.74 Å². The summed E-state index contributed by atoms with van der Waals surface area (Å²) in [5.41, 5.74) is 1.20. The fraction of sp³-hybridized carbons (Fsp3) is 0.650. The maximum atomic E-state index is 11.6. The van der Waals surface area contributed by atoms with Gasteiger partial charge in [-0.25, -0.2) is 0 Å². The van der Waals surface area contributed by atoms with Crippen LogP contribution in [-0.2, 0) is 16.0 Å². The topological polar surface area (TPSA) is 26.3 Å². The molecule has 0 amide bonds. The number of hydrogen-bond acceptors (Lipinski definition) is 2. The summed E-state index contributed by atoms with van der Waals surface area (Å²) in [5.74, 6) is -0.0663. The summed E-state index contributed by atoms with van der Waals surface area (Å²) in [6.45, 7) is 2.84. The second-order valence-corrected chi connectivity index (χ2v) is 6.03. The average molecular weight is 304 g/mol. The largest absolute Gasteiger partial charge is 0.466 e. The average Bonchev–Trinajstić information content (AvgIpc) is 2.55. The smallest absolute Gasteiger partial charge is 0.306 e. The molecule has 1 aromatic rings. The summed E-state index contributed by atoms with van der Waals surface area (Å²) in [6.07, 6.45) is 12.9. The number of esters is 1. The molecule has 0 atom stereocenters. The minimum absolute atomic E-state index is 0.0663. The highest BCUT2D eigenvalue weighted by molar-refractivity contribution is 5.69. The standard InChI is InChI=1S/C20H32O2/c1-2-3-4-5-6-7-8-9-13-18-22-20(21)17-16-19-14-11-10-12-15-19/h10-12,14-15H,2-9,13,16-18H2,1H3. The minimum atomic E-state index is -0.0663. The van der Waals surface area contributed by atoms with Gasteiger partial charge >= 0.3 is 5.97 Å². The van der Waals surface area contributed by atoms with Crippen LogP contribution in [0.2, 0.25) is 0 Å². The fourth-order valence-electron chi connectivity index (χ4n) is 2.56. The lowest BCUT2D eigenvalue weighted by molar-refractivity contribution is -0.143. The molecular formula is C20H32O2. The molecule has 0 aromatic heterocycles. The van der Waals surface area contributed by atoms with Gasteiger partial charge in [-0.2, -0.15) is 0 Å². The summed E-state index contributed by atoms with van der Waals surface area (Å²) in [7, 11) is 0. The van der Waals surface area contributed by atoms with E-state index in [4.69, 9.17) is 4.74 Å². The Hall–Kier alpha value is -1.31. The van der Waals surface area contributed by atoms with E-state index in [1.54, 1.807) is 0 Å². The molecule has 0 aliphatic carbocycles. The van der Waals surface area contributed by atoms with Gasteiger partial charge in [-0.3, -0.25) is 4.79 Å². The molecule has 0 saturated heterocycles. The van der Waals surface area contributed by atoms with E-state index in [1.165, 1.54) is 56.9 Å². The molecule has 124 valence electrons. The molecule has 0 saturated carbocycles. The third-order valence-corrected chi connectivity index (χ3v) is 3.97. The van der Waals surface area contributed by atoms with Crippen LogP contribution in [0.5, 0.6) is 0 Å². The molecule has 0 bridgehead atoms. The quantitative estimate of drug-likeness (QED) is 0.345.